The minimum Gasteiger partial charge on any atom is -0.378 e. The number of nitro groups is 1. The van der Waals surface area contributed by atoms with Gasteiger partial charge >= 0.3 is 6.18 Å². The van der Waals surface area contributed by atoms with E-state index in [1.54, 1.807) is 23.6 Å². The summed E-state index contributed by atoms with van der Waals surface area (Å²) in [6.45, 7) is 3.46. The summed E-state index contributed by atoms with van der Waals surface area (Å²) < 4.78 is 62.3. The minimum atomic E-state index is -4.76. The molecule has 1 saturated heterocycles. The van der Waals surface area contributed by atoms with Crippen LogP contribution in [-0.2, 0) is 10.9 Å². The average molecular weight is 504 g/mol. The molecule has 0 saturated carbocycles. The Kier molecular flexibility index (Phi) is 5.86. The number of non-ortho nitro benzene ring substituents is 1. The molecule has 1 aliphatic rings. The van der Waals surface area contributed by atoms with Crippen LogP contribution in [0.15, 0.2) is 42.7 Å². The lowest BCUT2D eigenvalue weighted by atomic mass is 10.0. The first-order valence-electron chi connectivity index (χ1n) is 11.0. The number of hydrogen-bond acceptors (Lipinski definition) is 7. The lowest BCUT2D eigenvalue weighted by Crippen LogP contribution is -2.36. The summed E-state index contributed by atoms with van der Waals surface area (Å²) in [7, 11) is 0. The quantitative estimate of drug-likeness (QED) is 0.233. The summed E-state index contributed by atoms with van der Waals surface area (Å²) in [6.07, 6.45) is -1.63. The van der Waals surface area contributed by atoms with Crippen LogP contribution >= 0.6 is 0 Å². The van der Waals surface area contributed by atoms with Gasteiger partial charge in [0.05, 0.1) is 40.9 Å². The van der Waals surface area contributed by atoms with Crippen molar-refractivity contribution in [2.75, 3.05) is 36.5 Å². The number of benzene rings is 2. The SMILES string of the molecule is CC(Nc1nc2nccn2c2cc(F)c(N3CCOCC3)cc12)c1cc([N+](=O)[O-])cc(C(F)(F)F)c1. The molecule has 1 unspecified atom stereocenters. The van der Waals surface area contributed by atoms with Crippen molar-refractivity contribution in [1.29, 1.82) is 0 Å². The number of alkyl halides is 3. The molecule has 36 heavy (non-hydrogen) atoms. The van der Waals surface area contributed by atoms with Gasteiger partial charge in [0.15, 0.2) is 0 Å². The fraction of sp³-hybridized carbons (Fsp3) is 0.304. The van der Waals surface area contributed by atoms with E-state index in [1.807, 2.05) is 4.90 Å². The van der Waals surface area contributed by atoms with Crippen molar-refractivity contribution < 1.29 is 27.2 Å². The van der Waals surface area contributed by atoms with Crippen LogP contribution in [-0.4, -0.2) is 45.6 Å². The summed E-state index contributed by atoms with van der Waals surface area (Å²) in [5, 5.41) is 14.8. The van der Waals surface area contributed by atoms with Gasteiger partial charge in [0.1, 0.15) is 11.6 Å². The van der Waals surface area contributed by atoms with Crippen molar-refractivity contribution in [3.63, 3.8) is 0 Å². The number of nitrogens with one attached hydrogen (secondary N) is 1. The fourth-order valence-corrected chi connectivity index (χ4v) is 4.27. The maximum absolute atomic E-state index is 15.1. The minimum absolute atomic E-state index is 0.0465. The average Bonchev–Trinajstić information content (AvgIpc) is 3.32. The molecule has 13 heteroatoms. The lowest BCUT2D eigenvalue weighted by Gasteiger charge is -2.29. The van der Waals surface area contributed by atoms with E-state index < -0.39 is 34.2 Å². The molecule has 2 aromatic heterocycles. The summed E-state index contributed by atoms with van der Waals surface area (Å²) in [5.74, 6) is 0.0645. The van der Waals surface area contributed by atoms with E-state index in [-0.39, 0.29) is 17.2 Å². The smallest absolute Gasteiger partial charge is 0.378 e. The molecule has 0 spiro atoms. The normalized spacial score (nSPS) is 15.4. The van der Waals surface area contributed by atoms with Gasteiger partial charge in [-0.25, -0.2) is 9.37 Å². The number of anilines is 2. The van der Waals surface area contributed by atoms with Crippen LogP contribution in [0.3, 0.4) is 0 Å². The highest BCUT2D eigenvalue weighted by atomic mass is 19.4. The summed E-state index contributed by atoms with van der Waals surface area (Å²) >= 11 is 0. The molecule has 4 aromatic rings. The molecule has 1 aliphatic heterocycles. The molecule has 1 fully saturated rings. The van der Waals surface area contributed by atoms with Gasteiger partial charge in [-0.05, 0) is 24.6 Å². The number of rotatable bonds is 5. The van der Waals surface area contributed by atoms with Crippen molar-refractivity contribution in [3.8, 4) is 0 Å². The number of hydrogen-bond donors (Lipinski definition) is 1. The maximum atomic E-state index is 15.1. The molecule has 1 atom stereocenters. The number of nitrogens with zero attached hydrogens (tertiary/aromatic N) is 5. The van der Waals surface area contributed by atoms with Gasteiger partial charge in [0.25, 0.3) is 5.69 Å². The van der Waals surface area contributed by atoms with E-state index in [0.29, 0.717) is 49.0 Å². The van der Waals surface area contributed by atoms with Crippen LogP contribution in [0.4, 0.5) is 34.8 Å². The topological polar surface area (TPSA) is 97.8 Å². The van der Waals surface area contributed by atoms with E-state index in [2.05, 4.69) is 15.3 Å². The lowest BCUT2D eigenvalue weighted by molar-refractivity contribution is -0.385. The Morgan fingerprint density at radius 3 is 2.61 bits per heavy atom. The third kappa shape index (κ3) is 4.37. The molecule has 0 amide bonds. The van der Waals surface area contributed by atoms with E-state index >= 15 is 4.39 Å². The number of imidazole rings is 1. The Balaban J connectivity index is 1.61. The van der Waals surface area contributed by atoms with Gasteiger partial charge in [0.2, 0.25) is 5.78 Å². The highest BCUT2D eigenvalue weighted by Crippen LogP contribution is 2.36. The van der Waals surface area contributed by atoms with Crippen LogP contribution in [0.1, 0.15) is 24.1 Å². The third-order valence-electron chi connectivity index (χ3n) is 6.10. The Morgan fingerprint density at radius 2 is 1.92 bits per heavy atom. The number of ether oxygens (including phenoxy) is 1. The highest BCUT2D eigenvalue weighted by molar-refractivity contribution is 5.94. The van der Waals surface area contributed by atoms with Crippen molar-refractivity contribution in [3.05, 3.63) is 69.8 Å². The summed E-state index contributed by atoms with van der Waals surface area (Å²) in [6, 6.07) is 4.63. The van der Waals surface area contributed by atoms with Crippen molar-refractivity contribution in [1.82, 2.24) is 14.4 Å². The second-order valence-corrected chi connectivity index (χ2v) is 8.41. The molecule has 0 bridgehead atoms. The zero-order valence-electron chi connectivity index (χ0n) is 18.9. The van der Waals surface area contributed by atoms with E-state index in [9.17, 15) is 23.3 Å². The van der Waals surface area contributed by atoms with Crippen LogP contribution < -0.4 is 10.2 Å². The Bertz CT molecular complexity index is 1470. The monoisotopic (exact) mass is 504 g/mol. The van der Waals surface area contributed by atoms with Crippen LogP contribution in [0.25, 0.3) is 16.7 Å². The van der Waals surface area contributed by atoms with Crippen LogP contribution in [0, 0.1) is 15.9 Å². The molecule has 9 nitrogen and oxygen atoms in total. The molecule has 0 radical (unpaired) electrons. The first-order valence-corrected chi connectivity index (χ1v) is 11.0. The van der Waals surface area contributed by atoms with Gasteiger partial charge in [-0.3, -0.25) is 14.5 Å². The maximum Gasteiger partial charge on any atom is 0.416 e. The summed E-state index contributed by atoms with van der Waals surface area (Å²) in [5.41, 5.74) is -0.954. The number of halogens is 4. The third-order valence-corrected chi connectivity index (χ3v) is 6.10. The first kappa shape index (κ1) is 23.7. The van der Waals surface area contributed by atoms with Gasteiger partial charge in [-0.2, -0.15) is 18.2 Å². The second kappa shape index (κ2) is 8.90. The predicted octanol–water partition coefficient (Wildman–Crippen LogP) is 4.96. The molecule has 188 valence electrons. The molecular weight excluding hydrogens is 484 g/mol. The molecule has 2 aromatic carbocycles. The van der Waals surface area contributed by atoms with Crippen molar-refractivity contribution in [2.24, 2.45) is 0 Å². The predicted molar refractivity (Wildman–Crippen MR) is 124 cm³/mol. The zero-order chi connectivity index (χ0) is 25.6. The van der Waals surface area contributed by atoms with Gasteiger partial charge in [-0.1, -0.05) is 0 Å². The van der Waals surface area contributed by atoms with Gasteiger partial charge in [0, 0.05) is 49.1 Å². The largest absolute Gasteiger partial charge is 0.416 e. The van der Waals surface area contributed by atoms with Gasteiger partial charge < -0.3 is 15.0 Å². The molecule has 1 N–H and O–H groups in total. The first-order chi connectivity index (χ1) is 17.1. The number of nitro benzene ring substituents is 1. The number of aromatic nitrogens is 3. The standard InChI is InChI=1S/C23H20F4N6O3/c1-13(14-8-15(23(25,26)27)10-16(9-14)33(34)35)29-21-17-11-20(31-4-6-36-7-5-31)18(24)12-19(17)32-3-2-28-22(32)30-21/h2-3,8-13H,4-7H2,1H3,(H,28,29,30). The molecule has 0 aliphatic carbocycles. The van der Waals surface area contributed by atoms with Crippen LogP contribution in [0.2, 0.25) is 0 Å². The molecule has 5 rings (SSSR count). The Labute approximate surface area is 201 Å². The Hall–Kier alpha value is -4.00. The number of fused-ring (bicyclic) bond motifs is 3. The molecule has 3 heterocycles. The fourth-order valence-electron chi connectivity index (χ4n) is 4.27. The molecular formula is C23H20F4N6O3. The zero-order valence-corrected chi connectivity index (χ0v) is 18.9. The number of morpholine rings is 1. The van der Waals surface area contributed by atoms with Gasteiger partial charge in [-0.15, -0.1) is 0 Å². The second-order valence-electron chi connectivity index (χ2n) is 8.41. The van der Waals surface area contributed by atoms with E-state index in [4.69, 9.17) is 4.74 Å². The van der Waals surface area contributed by atoms with Crippen molar-refractivity contribution in [2.45, 2.75) is 19.1 Å². The van der Waals surface area contributed by atoms with E-state index in [1.165, 1.54) is 12.3 Å². The Morgan fingerprint density at radius 1 is 1.17 bits per heavy atom. The summed E-state index contributed by atoms with van der Waals surface area (Å²) in [4.78, 5) is 20.9. The van der Waals surface area contributed by atoms with Crippen LogP contribution in [0.5, 0.6) is 0 Å². The highest BCUT2D eigenvalue weighted by Gasteiger charge is 2.33. The van der Waals surface area contributed by atoms with Crippen molar-refractivity contribution >= 4 is 33.9 Å². The van der Waals surface area contributed by atoms with E-state index in [0.717, 1.165) is 12.1 Å².